The van der Waals surface area contributed by atoms with Gasteiger partial charge in [0.15, 0.2) is 0 Å². The summed E-state index contributed by atoms with van der Waals surface area (Å²) in [6.45, 7) is 4.34. The highest BCUT2D eigenvalue weighted by molar-refractivity contribution is 5.78. The van der Waals surface area contributed by atoms with Crippen LogP contribution in [-0.2, 0) is 22.5 Å². The first-order valence-electron chi connectivity index (χ1n) is 9.86. The number of carbonyl (C=O) groups is 1. The monoisotopic (exact) mass is 383 g/mol. The number of nitrogens with zero attached hydrogens (tertiary/aromatic N) is 1. The van der Waals surface area contributed by atoms with Crippen LogP contribution in [0.2, 0.25) is 0 Å². The van der Waals surface area contributed by atoms with E-state index >= 15 is 0 Å². The van der Waals surface area contributed by atoms with Crippen LogP contribution < -0.4 is 4.74 Å². The number of hydrogen-bond donors (Lipinski definition) is 1. The van der Waals surface area contributed by atoms with Gasteiger partial charge in [-0.2, -0.15) is 0 Å². The molecule has 2 aromatic carbocycles. The van der Waals surface area contributed by atoms with E-state index in [-0.39, 0.29) is 5.97 Å². The van der Waals surface area contributed by atoms with Crippen molar-refractivity contribution in [2.45, 2.75) is 32.7 Å². The van der Waals surface area contributed by atoms with Crippen molar-refractivity contribution in [3.63, 3.8) is 0 Å². The SMILES string of the molecule is CCOC(=O)[C@@]1(Cc2cccc(OC)c2)CCCN(Cc2ccccc2O)C1. The lowest BCUT2D eigenvalue weighted by molar-refractivity contribution is -0.159. The number of methoxy groups -OCH3 is 1. The molecule has 0 aromatic heterocycles. The van der Waals surface area contributed by atoms with Gasteiger partial charge in [0.2, 0.25) is 0 Å². The van der Waals surface area contributed by atoms with E-state index in [1.165, 1.54) is 0 Å². The molecule has 1 N–H and O–H groups in total. The number of rotatable bonds is 7. The predicted molar refractivity (Wildman–Crippen MR) is 108 cm³/mol. The van der Waals surface area contributed by atoms with Crippen LogP contribution in [0.15, 0.2) is 48.5 Å². The number of hydrogen-bond acceptors (Lipinski definition) is 5. The van der Waals surface area contributed by atoms with Crippen LogP contribution in [-0.4, -0.2) is 42.8 Å². The standard InChI is InChI=1S/C23H29NO4/c1-3-28-22(26)23(15-18-8-6-10-20(14-18)27-2)12-7-13-24(17-23)16-19-9-4-5-11-21(19)25/h4-6,8-11,14,25H,3,7,12-13,15-17H2,1-2H3/t23-/m1/s1. The highest BCUT2D eigenvalue weighted by Gasteiger charge is 2.43. The predicted octanol–water partition coefficient (Wildman–Crippen LogP) is 3.79. The van der Waals surface area contributed by atoms with Crippen LogP contribution in [0.5, 0.6) is 11.5 Å². The molecular weight excluding hydrogens is 354 g/mol. The second-order valence-electron chi connectivity index (χ2n) is 7.47. The maximum Gasteiger partial charge on any atom is 0.313 e. The first kappa shape index (κ1) is 20.2. The van der Waals surface area contributed by atoms with Gasteiger partial charge in [-0.3, -0.25) is 9.69 Å². The van der Waals surface area contributed by atoms with Gasteiger partial charge >= 0.3 is 5.97 Å². The van der Waals surface area contributed by atoms with Crippen molar-refractivity contribution >= 4 is 5.97 Å². The van der Waals surface area contributed by atoms with Crippen molar-refractivity contribution in [2.24, 2.45) is 5.41 Å². The van der Waals surface area contributed by atoms with Crippen LogP contribution in [0.3, 0.4) is 0 Å². The van der Waals surface area contributed by atoms with Crippen molar-refractivity contribution in [3.8, 4) is 11.5 Å². The van der Waals surface area contributed by atoms with Gasteiger partial charge in [-0.15, -0.1) is 0 Å². The minimum atomic E-state index is -0.592. The first-order valence-corrected chi connectivity index (χ1v) is 9.86. The number of para-hydroxylation sites is 1. The third-order valence-corrected chi connectivity index (χ3v) is 5.43. The van der Waals surface area contributed by atoms with Crippen molar-refractivity contribution in [2.75, 3.05) is 26.8 Å². The molecule has 2 aromatic rings. The summed E-state index contributed by atoms with van der Waals surface area (Å²) in [5.41, 5.74) is 1.35. The summed E-state index contributed by atoms with van der Waals surface area (Å²) in [6.07, 6.45) is 2.32. The van der Waals surface area contributed by atoms with Gasteiger partial charge in [0.05, 0.1) is 19.1 Å². The lowest BCUT2D eigenvalue weighted by Crippen LogP contribution is -2.49. The summed E-state index contributed by atoms with van der Waals surface area (Å²) in [5, 5.41) is 10.1. The van der Waals surface area contributed by atoms with Crippen LogP contribution in [0.4, 0.5) is 0 Å². The van der Waals surface area contributed by atoms with Gasteiger partial charge < -0.3 is 14.6 Å². The molecule has 1 fully saturated rings. The number of esters is 1. The smallest absolute Gasteiger partial charge is 0.313 e. The van der Waals surface area contributed by atoms with Crippen LogP contribution in [0, 0.1) is 5.41 Å². The summed E-state index contributed by atoms with van der Waals surface area (Å²) in [5.74, 6) is 0.945. The quantitative estimate of drug-likeness (QED) is 0.737. The molecule has 1 atom stereocenters. The number of likely N-dealkylation sites (tertiary alicyclic amines) is 1. The second-order valence-corrected chi connectivity index (χ2v) is 7.47. The molecule has 150 valence electrons. The third kappa shape index (κ3) is 4.65. The molecule has 0 saturated carbocycles. The Labute approximate surface area is 166 Å². The molecule has 1 saturated heterocycles. The molecule has 0 spiro atoms. The highest BCUT2D eigenvalue weighted by atomic mass is 16.5. The fraction of sp³-hybridized carbons (Fsp3) is 0.435. The normalized spacial score (nSPS) is 19.9. The maximum atomic E-state index is 13.0. The number of aromatic hydroxyl groups is 1. The second kappa shape index (κ2) is 9.11. The molecule has 1 aliphatic heterocycles. The molecule has 1 heterocycles. The fourth-order valence-corrected chi connectivity index (χ4v) is 4.09. The van der Waals surface area contributed by atoms with Crippen molar-refractivity contribution in [1.29, 1.82) is 0 Å². The fourth-order valence-electron chi connectivity index (χ4n) is 4.09. The van der Waals surface area contributed by atoms with E-state index < -0.39 is 5.41 Å². The number of piperidine rings is 1. The summed E-state index contributed by atoms with van der Waals surface area (Å²) < 4.78 is 10.8. The molecule has 0 bridgehead atoms. The molecule has 5 heteroatoms. The van der Waals surface area contributed by atoms with Crippen molar-refractivity contribution in [1.82, 2.24) is 4.90 Å². The topological polar surface area (TPSA) is 59.0 Å². The first-order chi connectivity index (χ1) is 13.6. The number of benzene rings is 2. The summed E-state index contributed by atoms with van der Waals surface area (Å²) in [4.78, 5) is 15.3. The van der Waals surface area contributed by atoms with E-state index in [1.54, 1.807) is 13.2 Å². The Kier molecular flexibility index (Phi) is 6.57. The molecule has 1 aliphatic rings. The Morgan fingerprint density at radius 2 is 2.04 bits per heavy atom. The lowest BCUT2D eigenvalue weighted by Gasteiger charge is -2.41. The van der Waals surface area contributed by atoms with Gasteiger partial charge in [0.25, 0.3) is 0 Å². The van der Waals surface area contributed by atoms with E-state index in [0.29, 0.717) is 31.9 Å². The van der Waals surface area contributed by atoms with E-state index in [0.717, 1.165) is 36.3 Å². The summed E-state index contributed by atoms with van der Waals surface area (Å²) in [7, 11) is 1.65. The lowest BCUT2D eigenvalue weighted by atomic mass is 9.75. The number of ether oxygens (including phenoxy) is 2. The summed E-state index contributed by atoms with van der Waals surface area (Å²) >= 11 is 0. The Hall–Kier alpha value is -2.53. The number of phenolic OH excluding ortho intramolecular Hbond substituents is 1. The minimum absolute atomic E-state index is 0.139. The molecule has 28 heavy (non-hydrogen) atoms. The molecule has 5 nitrogen and oxygen atoms in total. The minimum Gasteiger partial charge on any atom is -0.508 e. The Bertz CT molecular complexity index is 807. The number of carbonyl (C=O) groups excluding carboxylic acids is 1. The zero-order chi connectivity index (χ0) is 20.0. The summed E-state index contributed by atoms with van der Waals surface area (Å²) in [6, 6.07) is 15.3. The van der Waals surface area contributed by atoms with E-state index in [9.17, 15) is 9.90 Å². The average molecular weight is 383 g/mol. The molecular formula is C23H29NO4. The Balaban J connectivity index is 1.83. The molecule has 0 aliphatic carbocycles. The van der Waals surface area contributed by atoms with Gasteiger partial charge in [-0.05, 0) is 56.5 Å². The van der Waals surface area contributed by atoms with E-state index in [4.69, 9.17) is 9.47 Å². The van der Waals surface area contributed by atoms with Crippen LogP contribution >= 0.6 is 0 Å². The van der Waals surface area contributed by atoms with Crippen molar-refractivity contribution < 1.29 is 19.4 Å². The molecule has 0 radical (unpaired) electrons. The molecule has 3 rings (SSSR count). The van der Waals surface area contributed by atoms with Gasteiger partial charge in [-0.25, -0.2) is 0 Å². The molecule has 0 unspecified atom stereocenters. The Morgan fingerprint density at radius 3 is 2.79 bits per heavy atom. The Morgan fingerprint density at radius 1 is 1.21 bits per heavy atom. The van der Waals surface area contributed by atoms with Crippen molar-refractivity contribution in [3.05, 3.63) is 59.7 Å². The van der Waals surface area contributed by atoms with Crippen LogP contribution in [0.1, 0.15) is 30.9 Å². The van der Waals surface area contributed by atoms with Crippen LogP contribution in [0.25, 0.3) is 0 Å². The zero-order valence-corrected chi connectivity index (χ0v) is 16.7. The van der Waals surface area contributed by atoms with E-state index in [2.05, 4.69) is 4.90 Å². The largest absolute Gasteiger partial charge is 0.508 e. The van der Waals surface area contributed by atoms with Gasteiger partial charge in [0.1, 0.15) is 11.5 Å². The van der Waals surface area contributed by atoms with E-state index in [1.807, 2.05) is 49.4 Å². The third-order valence-electron chi connectivity index (χ3n) is 5.43. The van der Waals surface area contributed by atoms with Gasteiger partial charge in [-0.1, -0.05) is 30.3 Å². The maximum absolute atomic E-state index is 13.0. The van der Waals surface area contributed by atoms with Gasteiger partial charge in [0, 0.05) is 18.7 Å². The zero-order valence-electron chi connectivity index (χ0n) is 16.7. The average Bonchev–Trinajstić information content (AvgIpc) is 2.70. The molecule has 0 amide bonds. The number of phenols is 1. The highest BCUT2D eigenvalue weighted by Crippen LogP contribution is 2.37.